The van der Waals surface area contributed by atoms with Gasteiger partial charge < -0.3 is 5.32 Å². The summed E-state index contributed by atoms with van der Waals surface area (Å²) in [5, 5.41) is 2.84. The Morgan fingerprint density at radius 2 is 2.21 bits per heavy atom. The van der Waals surface area contributed by atoms with Gasteiger partial charge in [-0.2, -0.15) is 0 Å². The fourth-order valence-corrected chi connectivity index (χ4v) is 2.81. The molecule has 24 heavy (non-hydrogen) atoms. The standard InChI is InChI=1S/C19H20FN3O/c1-14-4-3-9-21-18(14)15-7-10-23(11-8-15)13-22-19(24)16-5-2-6-17(20)12-16/h2-7,9,12H,8,10-11,13H2,1H3,(H,22,24). The lowest BCUT2D eigenvalue weighted by Crippen LogP contribution is -2.39. The van der Waals surface area contributed by atoms with E-state index in [2.05, 4.69) is 34.3 Å². The number of hydrogen-bond donors (Lipinski definition) is 1. The molecule has 1 aliphatic rings. The highest BCUT2D eigenvalue weighted by molar-refractivity contribution is 5.94. The van der Waals surface area contributed by atoms with Crippen molar-refractivity contribution < 1.29 is 9.18 Å². The second kappa shape index (κ2) is 7.36. The smallest absolute Gasteiger partial charge is 0.252 e. The van der Waals surface area contributed by atoms with Gasteiger partial charge in [0.25, 0.3) is 5.91 Å². The van der Waals surface area contributed by atoms with Crippen LogP contribution in [0.3, 0.4) is 0 Å². The SMILES string of the molecule is Cc1cccnc1C1=CCN(CNC(=O)c2cccc(F)c2)CC1. The molecule has 1 amide bonds. The van der Waals surface area contributed by atoms with Gasteiger partial charge in [-0.3, -0.25) is 14.7 Å². The van der Waals surface area contributed by atoms with Crippen molar-refractivity contribution in [2.24, 2.45) is 0 Å². The third kappa shape index (κ3) is 3.86. The van der Waals surface area contributed by atoms with Gasteiger partial charge in [-0.1, -0.05) is 18.2 Å². The summed E-state index contributed by atoms with van der Waals surface area (Å²) in [6.07, 6.45) is 4.87. The zero-order valence-corrected chi connectivity index (χ0v) is 13.6. The summed E-state index contributed by atoms with van der Waals surface area (Å²) in [5.74, 6) is -0.663. The van der Waals surface area contributed by atoms with Crippen LogP contribution in [0.25, 0.3) is 5.57 Å². The quantitative estimate of drug-likeness (QED) is 0.940. The highest BCUT2D eigenvalue weighted by atomic mass is 19.1. The van der Waals surface area contributed by atoms with E-state index in [0.717, 1.165) is 25.2 Å². The maximum atomic E-state index is 13.2. The summed E-state index contributed by atoms with van der Waals surface area (Å²) in [4.78, 5) is 18.6. The second-order valence-corrected chi connectivity index (χ2v) is 5.90. The molecule has 0 bridgehead atoms. The van der Waals surface area contributed by atoms with Gasteiger partial charge in [0.2, 0.25) is 0 Å². The molecular weight excluding hydrogens is 305 g/mol. The number of aromatic nitrogens is 1. The molecule has 5 heteroatoms. The first kappa shape index (κ1) is 16.3. The Kier molecular flexibility index (Phi) is 5.01. The van der Waals surface area contributed by atoms with Crippen LogP contribution >= 0.6 is 0 Å². The Bertz CT molecular complexity index is 773. The second-order valence-electron chi connectivity index (χ2n) is 5.90. The Morgan fingerprint density at radius 1 is 1.33 bits per heavy atom. The van der Waals surface area contributed by atoms with E-state index in [1.165, 1.54) is 29.3 Å². The van der Waals surface area contributed by atoms with E-state index in [-0.39, 0.29) is 5.91 Å². The average Bonchev–Trinajstić information content (AvgIpc) is 2.61. The third-order valence-corrected chi connectivity index (χ3v) is 4.16. The number of amides is 1. The summed E-state index contributed by atoms with van der Waals surface area (Å²) in [5.41, 5.74) is 3.82. The Labute approximate surface area is 141 Å². The molecule has 0 saturated carbocycles. The lowest BCUT2D eigenvalue weighted by Gasteiger charge is -2.26. The topological polar surface area (TPSA) is 45.2 Å². The zero-order chi connectivity index (χ0) is 16.9. The predicted molar refractivity (Wildman–Crippen MR) is 91.9 cm³/mol. The van der Waals surface area contributed by atoms with E-state index in [0.29, 0.717) is 12.2 Å². The van der Waals surface area contributed by atoms with Crippen LogP contribution in [0.5, 0.6) is 0 Å². The molecule has 1 aromatic carbocycles. The molecule has 0 fully saturated rings. The van der Waals surface area contributed by atoms with Crippen LogP contribution in [-0.4, -0.2) is 35.5 Å². The fourth-order valence-electron chi connectivity index (χ4n) is 2.81. The number of nitrogens with one attached hydrogen (secondary N) is 1. The molecular formula is C19H20FN3O. The van der Waals surface area contributed by atoms with E-state index < -0.39 is 5.82 Å². The van der Waals surface area contributed by atoms with Crippen LogP contribution < -0.4 is 5.32 Å². The number of carbonyl (C=O) groups excluding carboxylic acids is 1. The fraction of sp³-hybridized carbons (Fsp3) is 0.263. The minimum atomic E-state index is -0.404. The summed E-state index contributed by atoms with van der Waals surface area (Å²) in [6, 6.07) is 9.72. The summed E-state index contributed by atoms with van der Waals surface area (Å²) in [7, 11) is 0. The Morgan fingerprint density at radius 3 is 2.92 bits per heavy atom. The summed E-state index contributed by atoms with van der Waals surface area (Å²) < 4.78 is 13.2. The van der Waals surface area contributed by atoms with Crippen molar-refractivity contribution in [3.63, 3.8) is 0 Å². The van der Waals surface area contributed by atoms with Gasteiger partial charge in [0.15, 0.2) is 0 Å². The first-order valence-electron chi connectivity index (χ1n) is 8.00. The summed E-state index contributed by atoms with van der Waals surface area (Å²) >= 11 is 0. The predicted octanol–water partition coefficient (Wildman–Crippen LogP) is 3.01. The Hall–Kier alpha value is -2.53. The molecule has 2 aromatic rings. The lowest BCUT2D eigenvalue weighted by atomic mass is 10.0. The molecule has 0 saturated heterocycles. The van der Waals surface area contributed by atoms with E-state index in [4.69, 9.17) is 0 Å². The minimum Gasteiger partial charge on any atom is -0.339 e. The van der Waals surface area contributed by atoms with Gasteiger partial charge >= 0.3 is 0 Å². The van der Waals surface area contributed by atoms with Gasteiger partial charge in [0.1, 0.15) is 5.82 Å². The first-order chi connectivity index (χ1) is 11.6. The number of rotatable bonds is 4. The van der Waals surface area contributed by atoms with Crippen molar-refractivity contribution in [2.45, 2.75) is 13.3 Å². The number of carbonyl (C=O) groups is 1. The average molecular weight is 325 g/mol. The van der Waals surface area contributed by atoms with E-state index in [1.807, 2.05) is 12.3 Å². The number of benzene rings is 1. The zero-order valence-electron chi connectivity index (χ0n) is 13.6. The first-order valence-corrected chi connectivity index (χ1v) is 8.00. The number of pyridine rings is 1. The van der Waals surface area contributed by atoms with E-state index >= 15 is 0 Å². The van der Waals surface area contributed by atoms with Crippen molar-refractivity contribution >= 4 is 11.5 Å². The molecule has 0 spiro atoms. The number of halogens is 1. The van der Waals surface area contributed by atoms with Crippen molar-refractivity contribution in [1.82, 2.24) is 15.2 Å². The van der Waals surface area contributed by atoms with Crippen molar-refractivity contribution in [2.75, 3.05) is 19.8 Å². The molecule has 1 N–H and O–H groups in total. The van der Waals surface area contributed by atoms with Crippen LogP contribution in [0, 0.1) is 12.7 Å². The third-order valence-electron chi connectivity index (χ3n) is 4.16. The molecule has 1 aromatic heterocycles. The lowest BCUT2D eigenvalue weighted by molar-refractivity contribution is 0.0925. The maximum absolute atomic E-state index is 13.2. The molecule has 1 aliphatic heterocycles. The highest BCUT2D eigenvalue weighted by Crippen LogP contribution is 2.22. The molecule has 2 heterocycles. The van der Waals surface area contributed by atoms with Crippen molar-refractivity contribution in [3.05, 3.63) is 71.3 Å². The van der Waals surface area contributed by atoms with Gasteiger partial charge in [-0.15, -0.1) is 0 Å². The minimum absolute atomic E-state index is 0.259. The molecule has 4 nitrogen and oxygen atoms in total. The number of hydrogen-bond acceptors (Lipinski definition) is 3. The molecule has 0 radical (unpaired) electrons. The van der Waals surface area contributed by atoms with Crippen LogP contribution in [0.4, 0.5) is 4.39 Å². The summed E-state index contributed by atoms with van der Waals surface area (Å²) in [6.45, 7) is 4.12. The van der Waals surface area contributed by atoms with Crippen LogP contribution in [0.15, 0.2) is 48.7 Å². The molecule has 0 atom stereocenters. The molecule has 124 valence electrons. The molecule has 0 aliphatic carbocycles. The Balaban J connectivity index is 1.56. The van der Waals surface area contributed by atoms with Gasteiger partial charge in [-0.05, 0) is 48.7 Å². The van der Waals surface area contributed by atoms with Crippen LogP contribution in [0.1, 0.15) is 28.0 Å². The van der Waals surface area contributed by atoms with E-state index in [1.54, 1.807) is 6.07 Å². The van der Waals surface area contributed by atoms with Crippen molar-refractivity contribution in [1.29, 1.82) is 0 Å². The van der Waals surface area contributed by atoms with Gasteiger partial charge in [-0.25, -0.2) is 4.39 Å². The largest absolute Gasteiger partial charge is 0.339 e. The highest BCUT2D eigenvalue weighted by Gasteiger charge is 2.16. The maximum Gasteiger partial charge on any atom is 0.252 e. The molecule has 0 unspecified atom stereocenters. The van der Waals surface area contributed by atoms with Gasteiger partial charge in [0, 0.05) is 24.8 Å². The van der Waals surface area contributed by atoms with Gasteiger partial charge in [0.05, 0.1) is 12.4 Å². The number of nitrogens with zero attached hydrogens (tertiary/aromatic N) is 2. The van der Waals surface area contributed by atoms with Crippen molar-refractivity contribution in [3.8, 4) is 0 Å². The monoisotopic (exact) mass is 325 g/mol. The number of aryl methyl sites for hydroxylation is 1. The van der Waals surface area contributed by atoms with E-state index in [9.17, 15) is 9.18 Å². The molecule has 3 rings (SSSR count). The van der Waals surface area contributed by atoms with Crippen LogP contribution in [-0.2, 0) is 0 Å². The van der Waals surface area contributed by atoms with Crippen LogP contribution in [0.2, 0.25) is 0 Å². The normalized spacial score (nSPS) is 15.0.